The first-order chi connectivity index (χ1) is 10.4. The second-order valence-electron chi connectivity index (χ2n) is 4.75. The lowest BCUT2D eigenvalue weighted by atomic mass is 9.92. The van der Waals surface area contributed by atoms with Crippen LogP contribution in [0.15, 0.2) is 14.9 Å². The molecule has 3 rings (SSSR count). The molecule has 4 N–H and O–H groups in total. The van der Waals surface area contributed by atoms with Crippen LogP contribution < -0.4 is 5.73 Å². The van der Waals surface area contributed by atoms with E-state index in [2.05, 4.69) is 10.2 Å². The summed E-state index contributed by atoms with van der Waals surface area (Å²) in [7, 11) is 0. The van der Waals surface area contributed by atoms with Crippen molar-refractivity contribution in [1.82, 2.24) is 15.1 Å². The minimum atomic E-state index is -1.14. The van der Waals surface area contributed by atoms with Gasteiger partial charge in [0.15, 0.2) is 4.34 Å². The van der Waals surface area contributed by atoms with Gasteiger partial charge in [0, 0.05) is 10.7 Å². The Morgan fingerprint density at radius 2 is 2.27 bits per heavy atom. The summed E-state index contributed by atoms with van der Waals surface area (Å²) < 4.78 is 0.642. The SMILES string of the molecule is CC(O)[C@H]1C(=O)N2C(C(=O)O)=C(CSc3nnc(N)s3)S[C@H]12. The van der Waals surface area contributed by atoms with Crippen molar-refractivity contribution in [2.75, 3.05) is 11.5 Å². The summed E-state index contributed by atoms with van der Waals surface area (Å²) in [4.78, 5) is 25.3. The number of nitrogen functional groups attached to an aromatic ring is 1. The predicted molar refractivity (Wildman–Crippen MR) is 83.1 cm³/mol. The number of carbonyl (C=O) groups is 2. The van der Waals surface area contributed by atoms with Gasteiger partial charge in [0.05, 0.1) is 12.0 Å². The van der Waals surface area contributed by atoms with Crippen molar-refractivity contribution in [3.63, 3.8) is 0 Å². The van der Waals surface area contributed by atoms with Crippen LogP contribution in [-0.4, -0.2) is 54.4 Å². The van der Waals surface area contributed by atoms with Gasteiger partial charge in [-0.1, -0.05) is 23.1 Å². The van der Waals surface area contributed by atoms with Crippen LogP contribution >= 0.6 is 34.9 Å². The number of hydrogen-bond donors (Lipinski definition) is 3. The maximum atomic E-state index is 12.0. The van der Waals surface area contributed by atoms with E-state index >= 15 is 0 Å². The Hall–Kier alpha value is -1.30. The van der Waals surface area contributed by atoms with Gasteiger partial charge in [0.2, 0.25) is 11.0 Å². The smallest absolute Gasteiger partial charge is 0.353 e. The topological polar surface area (TPSA) is 130 Å². The van der Waals surface area contributed by atoms with Gasteiger partial charge in [0.1, 0.15) is 11.1 Å². The van der Waals surface area contributed by atoms with E-state index in [1.807, 2.05) is 0 Å². The van der Waals surface area contributed by atoms with Gasteiger partial charge in [-0.2, -0.15) is 0 Å². The first-order valence-corrected chi connectivity index (χ1v) is 8.94. The number of fused-ring (bicyclic) bond motifs is 1. The predicted octanol–water partition coefficient (Wildman–Crippen LogP) is 0.421. The van der Waals surface area contributed by atoms with Crippen LogP contribution in [0.4, 0.5) is 5.13 Å². The first-order valence-electron chi connectivity index (χ1n) is 6.26. The molecule has 3 heterocycles. The number of hydrogen-bond acceptors (Lipinski definition) is 9. The van der Waals surface area contributed by atoms with Crippen LogP contribution in [0.3, 0.4) is 0 Å². The van der Waals surface area contributed by atoms with E-state index in [0.29, 0.717) is 20.1 Å². The highest BCUT2D eigenvalue weighted by Crippen LogP contribution is 2.51. The van der Waals surface area contributed by atoms with E-state index < -0.39 is 18.0 Å². The molecule has 2 aliphatic heterocycles. The summed E-state index contributed by atoms with van der Waals surface area (Å²) in [5.74, 6) is -1.67. The fraction of sp³-hybridized carbons (Fsp3) is 0.455. The number of thioether (sulfide) groups is 2. The highest BCUT2D eigenvalue weighted by Gasteiger charge is 2.57. The summed E-state index contributed by atoms with van der Waals surface area (Å²) in [5.41, 5.74) is 5.50. The number of nitrogens with zero attached hydrogens (tertiary/aromatic N) is 3. The number of carboxylic acids is 1. The molecule has 0 radical (unpaired) electrons. The zero-order valence-corrected chi connectivity index (χ0v) is 13.7. The summed E-state index contributed by atoms with van der Waals surface area (Å²) >= 11 is 3.86. The van der Waals surface area contributed by atoms with E-state index in [-0.39, 0.29) is 17.0 Å². The summed E-state index contributed by atoms with van der Waals surface area (Å²) in [6.07, 6.45) is -0.800. The minimum Gasteiger partial charge on any atom is -0.477 e. The summed E-state index contributed by atoms with van der Waals surface area (Å²) in [5, 5.41) is 26.6. The number of amides is 1. The van der Waals surface area contributed by atoms with Gasteiger partial charge in [-0.05, 0) is 6.92 Å². The zero-order valence-electron chi connectivity index (χ0n) is 11.3. The number of aromatic nitrogens is 2. The molecule has 0 aromatic carbocycles. The lowest BCUT2D eigenvalue weighted by molar-refractivity contribution is -0.156. The van der Waals surface area contributed by atoms with Crippen LogP contribution in [0.2, 0.25) is 0 Å². The lowest BCUT2D eigenvalue weighted by Gasteiger charge is -2.43. The highest BCUT2D eigenvalue weighted by atomic mass is 32.2. The molecular weight excluding hydrogens is 348 g/mol. The average molecular weight is 360 g/mol. The molecule has 118 valence electrons. The Kier molecular flexibility index (Phi) is 4.05. The standard InChI is InChI=1S/C11H12N4O4S3/c1-3(16)5-7(17)15-6(9(18)19)4(21-8(5)15)2-20-11-14-13-10(12)22-11/h3,5,8,16H,2H2,1H3,(H2,12,13)(H,18,19)/t3?,5-,8+/m0/s1. The van der Waals surface area contributed by atoms with Gasteiger partial charge in [-0.25, -0.2) is 4.79 Å². The molecule has 8 nitrogen and oxygen atoms in total. The van der Waals surface area contributed by atoms with Crippen molar-refractivity contribution < 1.29 is 19.8 Å². The van der Waals surface area contributed by atoms with Gasteiger partial charge >= 0.3 is 5.97 Å². The van der Waals surface area contributed by atoms with Crippen molar-refractivity contribution >= 4 is 51.9 Å². The third-order valence-corrected chi connectivity index (χ3v) is 6.79. The van der Waals surface area contributed by atoms with Crippen molar-refractivity contribution in [1.29, 1.82) is 0 Å². The fourth-order valence-electron chi connectivity index (χ4n) is 2.36. The lowest BCUT2D eigenvalue weighted by Crippen LogP contribution is -2.60. The molecule has 2 aliphatic rings. The Balaban J connectivity index is 1.78. The average Bonchev–Trinajstić information content (AvgIpc) is 2.97. The number of aliphatic carboxylic acids is 1. The van der Waals surface area contributed by atoms with Crippen molar-refractivity contribution in [2.45, 2.75) is 22.7 Å². The quantitative estimate of drug-likeness (QED) is 0.505. The van der Waals surface area contributed by atoms with E-state index in [1.54, 1.807) is 0 Å². The third-order valence-electron chi connectivity index (χ3n) is 3.32. The van der Waals surface area contributed by atoms with Gasteiger partial charge < -0.3 is 15.9 Å². The number of carbonyl (C=O) groups excluding carboxylic acids is 1. The van der Waals surface area contributed by atoms with E-state index in [9.17, 15) is 19.8 Å². The van der Waals surface area contributed by atoms with E-state index in [1.165, 1.54) is 46.7 Å². The van der Waals surface area contributed by atoms with Crippen molar-refractivity contribution in [3.05, 3.63) is 10.6 Å². The van der Waals surface area contributed by atoms with Crippen molar-refractivity contribution in [2.24, 2.45) is 5.92 Å². The third kappa shape index (κ3) is 2.47. The molecule has 0 bridgehead atoms. The number of β-lactam (4-membered cyclic amide) rings is 1. The molecule has 1 amide bonds. The molecule has 0 aliphatic carbocycles. The molecule has 0 spiro atoms. The van der Waals surface area contributed by atoms with E-state index in [0.717, 1.165) is 0 Å². The monoisotopic (exact) mass is 360 g/mol. The maximum Gasteiger partial charge on any atom is 0.353 e. The minimum absolute atomic E-state index is 0.00175. The van der Waals surface area contributed by atoms with Gasteiger partial charge in [-0.15, -0.1) is 22.0 Å². The number of aliphatic hydroxyl groups is 1. The Morgan fingerprint density at radius 1 is 1.55 bits per heavy atom. The maximum absolute atomic E-state index is 12.0. The Bertz CT molecular complexity index is 674. The Morgan fingerprint density at radius 3 is 2.82 bits per heavy atom. The van der Waals surface area contributed by atoms with E-state index in [4.69, 9.17) is 5.73 Å². The molecule has 22 heavy (non-hydrogen) atoms. The van der Waals surface area contributed by atoms with Crippen molar-refractivity contribution in [3.8, 4) is 0 Å². The molecule has 1 aromatic heterocycles. The van der Waals surface area contributed by atoms with Crippen LogP contribution in [0.5, 0.6) is 0 Å². The first kappa shape index (κ1) is 15.6. The molecule has 1 saturated heterocycles. The molecule has 1 unspecified atom stereocenters. The summed E-state index contributed by atoms with van der Waals surface area (Å²) in [6, 6.07) is 0. The van der Waals surface area contributed by atoms with Crippen LogP contribution in [0, 0.1) is 5.92 Å². The second-order valence-corrected chi connectivity index (χ2v) is 8.20. The van der Waals surface area contributed by atoms with Gasteiger partial charge in [0.25, 0.3) is 0 Å². The molecule has 11 heteroatoms. The number of anilines is 1. The normalized spacial score (nSPS) is 25.2. The number of nitrogens with two attached hydrogens (primary N) is 1. The Labute approximate surface area is 137 Å². The highest BCUT2D eigenvalue weighted by molar-refractivity contribution is 8.07. The largest absolute Gasteiger partial charge is 0.477 e. The van der Waals surface area contributed by atoms with Crippen LogP contribution in [-0.2, 0) is 9.59 Å². The number of rotatable bonds is 5. The fourth-order valence-corrected chi connectivity index (χ4v) is 5.70. The number of carboxylic acid groups (broad SMARTS) is 1. The van der Waals surface area contributed by atoms with Gasteiger partial charge in [-0.3, -0.25) is 9.69 Å². The molecule has 1 aromatic rings. The number of aliphatic hydroxyl groups excluding tert-OH is 1. The molecule has 3 atom stereocenters. The molecule has 0 saturated carbocycles. The van der Waals surface area contributed by atoms with Crippen LogP contribution in [0.1, 0.15) is 6.92 Å². The zero-order chi connectivity index (χ0) is 16.0. The molecule has 1 fully saturated rings. The summed E-state index contributed by atoms with van der Waals surface area (Å²) in [6.45, 7) is 1.54. The second kappa shape index (κ2) is 5.72. The van der Waals surface area contributed by atoms with Crippen LogP contribution in [0.25, 0.3) is 0 Å². The molecular formula is C11H12N4O4S3.